The van der Waals surface area contributed by atoms with E-state index in [0.717, 1.165) is 42.5 Å². The van der Waals surface area contributed by atoms with Gasteiger partial charge in [-0.25, -0.2) is 4.98 Å². The molecule has 0 atom stereocenters. The summed E-state index contributed by atoms with van der Waals surface area (Å²) in [7, 11) is 2.14. The molecule has 6 nitrogen and oxygen atoms in total. The van der Waals surface area contributed by atoms with Gasteiger partial charge in [0.25, 0.3) is 0 Å². The largest absolute Gasteiger partial charge is 0.385 e. The highest BCUT2D eigenvalue weighted by atomic mass is 16.1. The van der Waals surface area contributed by atoms with E-state index in [-0.39, 0.29) is 5.78 Å². The summed E-state index contributed by atoms with van der Waals surface area (Å²) in [4.78, 5) is 25.7. The van der Waals surface area contributed by atoms with Gasteiger partial charge in [-0.1, -0.05) is 0 Å². The molecule has 1 fully saturated rings. The molecule has 1 aliphatic heterocycles. The number of nitrogens with two attached hydrogens (primary N) is 1. The number of rotatable bonds is 3. The quantitative estimate of drug-likeness (QED) is 0.646. The fourth-order valence-corrected chi connectivity index (χ4v) is 3.56. The minimum atomic E-state index is -0.0766. The first-order valence-electron chi connectivity index (χ1n) is 8.27. The Kier molecular flexibility index (Phi) is 3.61. The lowest BCUT2D eigenvalue weighted by Crippen LogP contribution is -2.29. The Hall–Kier alpha value is -2.60. The van der Waals surface area contributed by atoms with Gasteiger partial charge in [-0.15, -0.1) is 0 Å². The van der Waals surface area contributed by atoms with E-state index in [4.69, 9.17) is 5.73 Å². The standard InChI is InChI=1S/C18H21N5O/c1-23-8-5-11(6-9-23)15-16-13(22-18(15)19)2-3-14(21-16)17(24)12-4-7-20-10-12/h2-4,7,10-11,20,22H,5-6,8-9,19H2,1H3. The van der Waals surface area contributed by atoms with Gasteiger partial charge in [-0.3, -0.25) is 4.79 Å². The number of ketones is 1. The molecule has 1 aliphatic rings. The van der Waals surface area contributed by atoms with Crippen molar-refractivity contribution in [1.82, 2.24) is 19.9 Å². The van der Waals surface area contributed by atoms with Gasteiger partial charge in [-0.2, -0.15) is 0 Å². The zero-order chi connectivity index (χ0) is 16.7. The normalized spacial score (nSPS) is 16.7. The smallest absolute Gasteiger partial charge is 0.212 e. The Bertz CT molecular complexity index is 872. The predicted molar refractivity (Wildman–Crippen MR) is 94.2 cm³/mol. The van der Waals surface area contributed by atoms with Crippen LogP contribution in [0.1, 0.15) is 40.4 Å². The number of carbonyl (C=O) groups is 1. The summed E-state index contributed by atoms with van der Waals surface area (Å²) < 4.78 is 0. The van der Waals surface area contributed by atoms with Crippen molar-refractivity contribution in [3.63, 3.8) is 0 Å². The van der Waals surface area contributed by atoms with Gasteiger partial charge in [0.1, 0.15) is 11.5 Å². The van der Waals surface area contributed by atoms with Gasteiger partial charge >= 0.3 is 0 Å². The van der Waals surface area contributed by atoms with Gasteiger partial charge in [0.2, 0.25) is 5.78 Å². The number of nitrogens with one attached hydrogen (secondary N) is 2. The molecule has 6 heteroatoms. The first-order chi connectivity index (χ1) is 11.6. The molecular formula is C18H21N5O. The molecule has 0 unspecified atom stereocenters. The molecule has 4 N–H and O–H groups in total. The minimum absolute atomic E-state index is 0.0766. The second-order valence-corrected chi connectivity index (χ2v) is 6.55. The number of anilines is 1. The van der Waals surface area contributed by atoms with Crippen molar-refractivity contribution < 1.29 is 4.79 Å². The number of H-pyrrole nitrogens is 2. The number of hydrogen-bond donors (Lipinski definition) is 3. The summed E-state index contributed by atoms with van der Waals surface area (Å²) in [6, 6.07) is 5.42. The lowest BCUT2D eigenvalue weighted by atomic mass is 9.90. The highest BCUT2D eigenvalue weighted by Crippen LogP contribution is 2.36. The molecule has 0 bridgehead atoms. The average Bonchev–Trinajstić information content (AvgIpc) is 3.22. The molecule has 3 aromatic rings. The molecular weight excluding hydrogens is 302 g/mol. The fraction of sp³-hybridized carbons (Fsp3) is 0.333. The topological polar surface area (TPSA) is 90.8 Å². The summed E-state index contributed by atoms with van der Waals surface area (Å²) in [5.74, 6) is 0.991. The van der Waals surface area contributed by atoms with Crippen LogP contribution in [0.3, 0.4) is 0 Å². The first-order valence-corrected chi connectivity index (χ1v) is 8.27. The van der Waals surface area contributed by atoms with E-state index in [2.05, 4.69) is 26.9 Å². The molecule has 1 saturated heterocycles. The monoisotopic (exact) mass is 323 g/mol. The number of nitrogen functional groups attached to an aromatic ring is 1. The van der Waals surface area contributed by atoms with Crippen LogP contribution < -0.4 is 5.73 Å². The number of aromatic nitrogens is 3. The zero-order valence-electron chi connectivity index (χ0n) is 13.7. The SMILES string of the molecule is CN1CCC(c2c(N)[nH]c3ccc(C(=O)c4cc[nH]c4)nc23)CC1. The first kappa shape index (κ1) is 15.0. The molecule has 4 rings (SSSR count). The molecule has 24 heavy (non-hydrogen) atoms. The number of fused-ring (bicyclic) bond motifs is 1. The molecule has 124 valence electrons. The Morgan fingerprint density at radius 1 is 1.29 bits per heavy atom. The van der Waals surface area contributed by atoms with Gasteiger partial charge < -0.3 is 20.6 Å². The maximum absolute atomic E-state index is 12.6. The number of aromatic amines is 2. The fourth-order valence-electron chi connectivity index (χ4n) is 3.56. The third-order valence-corrected chi connectivity index (χ3v) is 4.93. The Morgan fingerprint density at radius 2 is 2.08 bits per heavy atom. The van der Waals surface area contributed by atoms with E-state index >= 15 is 0 Å². The van der Waals surface area contributed by atoms with Gasteiger partial charge in [-0.05, 0) is 57.1 Å². The van der Waals surface area contributed by atoms with Crippen LogP contribution in [-0.4, -0.2) is 45.8 Å². The highest BCUT2D eigenvalue weighted by molar-refractivity contribution is 6.08. The lowest BCUT2D eigenvalue weighted by molar-refractivity contribution is 0.103. The Balaban J connectivity index is 1.75. The third kappa shape index (κ3) is 2.49. The van der Waals surface area contributed by atoms with Crippen LogP contribution >= 0.6 is 0 Å². The average molecular weight is 323 g/mol. The van der Waals surface area contributed by atoms with Crippen molar-refractivity contribution in [2.24, 2.45) is 0 Å². The van der Waals surface area contributed by atoms with Crippen LogP contribution in [-0.2, 0) is 0 Å². The van der Waals surface area contributed by atoms with Gasteiger partial charge in [0.15, 0.2) is 0 Å². The molecule has 0 aliphatic carbocycles. The van der Waals surface area contributed by atoms with Gasteiger partial charge in [0.05, 0.1) is 11.0 Å². The molecule has 0 spiro atoms. The van der Waals surface area contributed by atoms with Crippen molar-refractivity contribution >= 4 is 22.6 Å². The van der Waals surface area contributed by atoms with Crippen molar-refractivity contribution in [1.29, 1.82) is 0 Å². The summed E-state index contributed by atoms with van der Waals surface area (Å²) in [6.07, 6.45) is 5.55. The van der Waals surface area contributed by atoms with E-state index in [1.165, 1.54) is 0 Å². The van der Waals surface area contributed by atoms with E-state index < -0.39 is 0 Å². The van der Waals surface area contributed by atoms with Gasteiger partial charge in [0, 0.05) is 23.5 Å². The lowest BCUT2D eigenvalue weighted by Gasteiger charge is -2.28. The molecule has 0 aromatic carbocycles. The predicted octanol–water partition coefficient (Wildman–Crippen LogP) is 2.51. The molecule has 4 heterocycles. The summed E-state index contributed by atoms with van der Waals surface area (Å²) >= 11 is 0. The number of likely N-dealkylation sites (tertiary alicyclic amines) is 1. The second-order valence-electron chi connectivity index (χ2n) is 6.55. The summed E-state index contributed by atoms with van der Waals surface area (Å²) in [5.41, 5.74) is 10.1. The van der Waals surface area contributed by atoms with Crippen LogP contribution in [0.4, 0.5) is 5.82 Å². The van der Waals surface area contributed by atoms with Crippen molar-refractivity contribution in [2.45, 2.75) is 18.8 Å². The number of pyridine rings is 1. The minimum Gasteiger partial charge on any atom is -0.385 e. The maximum atomic E-state index is 12.6. The summed E-state index contributed by atoms with van der Waals surface area (Å²) in [5, 5.41) is 0. The number of piperidine rings is 1. The number of carbonyl (C=O) groups excluding carboxylic acids is 1. The number of nitrogens with zero attached hydrogens (tertiary/aromatic N) is 2. The molecule has 3 aromatic heterocycles. The van der Waals surface area contributed by atoms with E-state index in [1.54, 1.807) is 24.5 Å². The zero-order valence-corrected chi connectivity index (χ0v) is 13.7. The van der Waals surface area contributed by atoms with Crippen LogP contribution in [0.5, 0.6) is 0 Å². The van der Waals surface area contributed by atoms with E-state index in [9.17, 15) is 4.79 Å². The third-order valence-electron chi connectivity index (χ3n) is 4.93. The van der Waals surface area contributed by atoms with E-state index in [1.807, 2.05) is 6.07 Å². The van der Waals surface area contributed by atoms with Crippen LogP contribution in [0.2, 0.25) is 0 Å². The van der Waals surface area contributed by atoms with Crippen LogP contribution in [0.25, 0.3) is 11.0 Å². The maximum Gasteiger partial charge on any atom is 0.212 e. The van der Waals surface area contributed by atoms with Crippen molar-refractivity contribution in [3.8, 4) is 0 Å². The Morgan fingerprint density at radius 3 is 2.79 bits per heavy atom. The van der Waals surface area contributed by atoms with Crippen LogP contribution in [0, 0.1) is 0 Å². The molecule has 0 amide bonds. The second kappa shape index (κ2) is 5.79. The highest BCUT2D eigenvalue weighted by Gasteiger charge is 2.25. The molecule has 0 saturated carbocycles. The van der Waals surface area contributed by atoms with Crippen LogP contribution in [0.15, 0.2) is 30.6 Å². The van der Waals surface area contributed by atoms with E-state index in [0.29, 0.717) is 23.0 Å². The van der Waals surface area contributed by atoms with Crippen molar-refractivity contribution in [2.75, 3.05) is 25.9 Å². The van der Waals surface area contributed by atoms with Crippen molar-refractivity contribution in [3.05, 3.63) is 47.4 Å². The molecule has 0 radical (unpaired) electrons. The summed E-state index contributed by atoms with van der Waals surface area (Å²) in [6.45, 7) is 2.11. The number of hydrogen-bond acceptors (Lipinski definition) is 4. The Labute approximate surface area is 140 Å².